The zero-order chi connectivity index (χ0) is 33.3. The Hall–Kier alpha value is -3.88. The number of rotatable bonds is 11. The van der Waals surface area contributed by atoms with Crippen LogP contribution in [0.15, 0.2) is 48.8 Å². The Morgan fingerprint density at radius 3 is 2.72 bits per heavy atom. The van der Waals surface area contributed by atoms with E-state index in [9.17, 15) is 14.5 Å². The molecule has 14 nitrogen and oxygen atoms in total. The largest absolute Gasteiger partial charge is 0.479 e. The second kappa shape index (κ2) is 13.3. The number of carbonyl (C=O) groups excluding carboxylic acids is 1. The van der Waals surface area contributed by atoms with E-state index >= 15 is 4.39 Å². The first-order valence-electron chi connectivity index (χ1n) is 15.5. The van der Waals surface area contributed by atoms with Crippen LogP contribution in [0.5, 0.6) is 11.6 Å². The molecule has 252 valence electrons. The number of hydrogen-bond donors (Lipinski definition) is 3. The number of alkyl halides is 1. The van der Waals surface area contributed by atoms with E-state index in [1.54, 1.807) is 24.3 Å². The minimum atomic E-state index is -4.42. The third kappa shape index (κ3) is 6.76. The molecule has 47 heavy (non-hydrogen) atoms. The van der Waals surface area contributed by atoms with E-state index in [-0.39, 0.29) is 34.8 Å². The fourth-order valence-electron chi connectivity index (χ4n) is 5.98. The fraction of sp³-hybridized carbons (Fsp3) is 0.484. The molecule has 0 bridgehead atoms. The van der Waals surface area contributed by atoms with Gasteiger partial charge in [-0.3, -0.25) is 13.9 Å². The van der Waals surface area contributed by atoms with Crippen LogP contribution in [0, 0.1) is 0 Å². The molecule has 16 heteroatoms. The lowest BCUT2D eigenvalue weighted by Gasteiger charge is -2.27. The van der Waals surface area contributed by atoms with Crippen LogP contribution in [0.25, 0.3) is 21.9 Å². The first kappa shape index (κ1) is 33.0. The predicted molar refractivity (Wildman–Crippen MR) is 169 cm³/mol. The number of benzene rings is 2. The summed E-state index contributed by atoms with van der Waals surface area (Å²) in [6, 6.07) is 11.4. The van der Waals surface area contributed by atoms with Gasteiger partial charge < -0.3 is 29.6 Å². The molecule has 1 aliphatic heterocycles. The van der Waals surface area contributed by atoms with Crippen molar-refractivity contribution >= 4 is 41.6 Å². The highest BCUT2D eigenvalue weighted by Gasteiger charge is 2.55. The SMILES string of the molecule is COc1nc(N)nc2c1ncn2[C@@H]1O[C@H](COP(=O)(N[C@@H](C)C(=O)OC2CCCCC2)Oc2cccc3ccccc23)[C@@H](F)[C@@]1(C)O. The standard InChI is InChI=1S/C31H38FN6O8P/c1-18(28(39)44-20-12-5-4-6-13-20)37-47(41,46-22-15-9-11-19-10-7-8-14-21(19)22)43-16-23-25(32)31(2,40)29(45-23)38-17-34-24-26(38)35-30(33)36-27(24)42-3/h7-11,14-15,17-18,20,23,25,29,40H,4-6,12-13,16H2,1-3H3,(H,37,41)(H2,33,35,36)/t18-,23+,25+,29+,31+,47?/m0/s1. The number of fused-ring (bicyclic) bond motifs is 2. The molecule has 6 rings (SSSR count). The van der Waals surface area contributed by atoms with E-state index in [0.29, 0.717) is 5.39 Å². The van der Waals surface area contributed by atoms with Crippen LogP contribution in [0.1, 0.15) is 52.2 Å². The van der Waals surface area contributed by atoms with Crippen molar-refractivity contribution in [1.82, 2.24) is 24.6 Å². The van der Waals surface area contributed by atoms with Gasteiger partial charge in [-0.05, 0) is 51.0 Å². The highest BCUT2D eigenvalue weighted by atomic mass is 31.2. The zero-order valence-electron chi connectivity index (χ0n) is 26.2. The molecule has 0 amide bonds. The van der Waals surface area contributed by atoms with Crippen LogP contribution in [-0.2, 0) is 23.4 Å². The first-order valence-corrected chi connectivity index (χ1v) is 17.0. The van der Waals surface area contributed by atoms with Gasteiger partial charge >= 0.3 is 13.7 Å². The summed E-state index contributed by atoms with van der Waals surface area (Å²) in [6.45, 7) is 2.12. The quantitative estimate of drug-likeness (QED) is 0.148. The summed E-state index contributed by atoms with van der Waals surface area (Å²) in [4.78, 5) is 25.4. The molecule has 0 radical (unpaired) electrons. The molecule has 6 atom stereocenters. The van der Waals surface area contributed by atoms with E-state index in [0.717, 1.165) is 37.5 Å². The smallest absolute Gasteiger partial charge is 0.459 e. The van der Waals surface area contributed by atoms with Gasteiger partial charge in [0.15, 0.2) is 23.6 Å². The maximum atomic E-state index is 15.9. The number of aromatic nitrogens is 4. The number of halogens is 1. The number of aliphatic hydroxyl groups is 1. The molecular weight excluding hydrogens is 634 g/mol. The number of esters is 1. The molecule has 2 aromatic heterocycles. The molecule has 4 N–H and O–H groups in total. The second-order valence-electron chi connectivity index (χ2n) is 12.0. The number of methoxy groups -OCH3 is 1. The summed E-state index contributed by atoms with van der Waals surface area (Å²) >= 11 is 0. The van der Waals surface area contributed by atoms with Crippen molar-refractivity contribution in [3.05, 3.63) is 48.8 Å². The van der Waals surface area contributed by atoms with Gasteiger partial charge in [0.05, 0.1) is 20.0 Å². The number of ether oxygens (including phenoxy) is 3. The predicted octanol–water partition coefficient (Wildman–Crippen LogP) is 4.61. The van der Waals surface area contributed by atoms with E-state index < -0.39 is 50.5 Å². The average Bonchev–Trinajstić information content (AvgIpc) is 3.57. The lowest BCUT2D eigenvalue weighted by Crippen LogP contribution is -2.42. The average molecular weight is 673 g/mol. The van der Waals surface area contributed by atoms with Crippen LogP contribution in [0.3, 0.4) is 0 Å². The number of carbonyl (C=O) groups is 1. The van der Waals surface area contributed by atoms with Crippen LogP contribution >= 0.6 is 7.75 Å². The minimum absolute atomic E-state index is 0.0919. The number of nitrogens with two attached hydrogens (primary N) is 1. The Morgan fingerprint density at radius 2 is 1.96 bits per heavy atom. The topological polar surface area (TPSA) is 182 Å². The van der Waals surface area contributed by atoms with Crippen molar-refractivity contribution in [3.63, 3.8) is 0 Å². The van der Waals surface area contributed by atoms with Crippen molar-refractivity contribution < 1.29 is 42.1 Å². The number of imidazole rings is 1. The van der Waals surface area contributed by atoms with Gasteiger partial charge in [0.2, 0.25) is 11.8 Å². The summed E-state index contributed by atoms with van der Waals surface area (Å²) in [5.74, 6) is -0.431. The molecule has 2 aliphatic rings. The number of nitrogen functional groups attached to an aromatic ring is 1. The summed E-state index contributed by atoms with van der Waals surface area (Å²) in [6.07, 6.45) is 0.813. The molecule has 3 heterocycles. The van der Waals surface area contributed by atoms with Gasteiger partial charge in [0.1, 0.15) is 29.6 Å². The molecular formula is C31H38FN6O8P. The van der Waals surface area contributed by atoms with Gasteiger partial charge in [-0.2, -0.15) is 15.1 Å². The molecule has 1 aliphatic carbocycles. The Balaban J connectivity index is 1.24. The fourth-order valence-corrected chi connectivity index (χ4v) is 7.50. The van der Waals surface area contributed by atoms with Gasteiger partial charge in [-0.15, -0.1) is 0 Å². The first-order chi connectivity index (χ1) is 22.5. The molecule has 1 saturated carbocycles. The van der Waals surface area contributed by atoms with Crippen LogP contribution in [0.4, 0.5) is 10.3 Å². The Morgan fingerprint density at radius 1 is 1.21 bits per heavy atom. The monoisotopic (exact) mass is 672 g/mol. The molecule has 2 fully saturated rings. The number of anilines is 1. The second-order valence-corrected chi connectivity index (χ2v) is 13.7. The van der Waals surface area contributed by atoms with Crippen molar-refractivity contribution in [2.75, 3.05) is 19.5 Å². The van der Waals surface area contributed by atoms with Crippen molar-refractivity contribution in [1.29, 1.82) is 0 Å². The molecule has 4 aromatic rings. The third-order valence-electron chi connectivity index (χ3n) is 8.46. The van der Waals surface area contributed by atoms with Crippen molar-refractivity contribution in [2.45, 2.75) is 82.2 Å². The van der Waals surface area contributed by atoms with Gasteiger partial charge in [-0.1, -0.05) is 42.8 Å². The maximum absolute atomic E-state index is 15.9. The Bertz CT molecular complexity index is 1800. The summed E-state index contributed by atoms with van der Waals surface area (Å²) in [7, 11) is -3.03. The molecule has 0 spiro atoms. The Labute approximate surface area is 270 Å². The summed E-state index contributed by atoms with van der Waals surface area (Å²) in [5.41, 5.74) is 4.09. The van der Waals surface area contributed by atoms with Gasteiger partial charge in [-0.25, -0.2) is 13.9 Å². The number of nitrogens with one attached hydrogen (secondary N) is 1. The summed E-state index contributed by atoms with van der Waals surface area (Å²) in [5, 5.41) is 15.4. The highest BCUT2D eigenvalue weighted by Crippen LogP contribution is 2.49. The maximum Gasteiger partial charge on any atom is 0.459 e. The van der Waals surface area contributed by atoms with Crippen LogP contribution < -0.4 is 20.1 Å². The van der Waals surface area contributed by atoms with Gasteiger partial charge in [0, 0.05) is 5.39 Å². The number of hydrogen-bond acceptors (Lipinski definition) is 12. The lowest BCUT2D eigenvalue weighted by atomic mass is 9.98. The Kier molecular flexibility index (Phi) is 9.36. The van der Waals surface area contributed by atoms with E-state index in [2.05, 4.69) is 20.0 Å². The highest BCUT2D eigenvalue weighted by molar-refractivity contribution is 7.52. The molecule has 1 saturated heterocycles. The van der Waals surface area contributed by atoms with Crippen LogP contribution in [-0.4, -0.2) is 74.3 Å². The lowest BCUT2D eigenvalue weighted by molar-refractivity contribution is -0.152. The normalized spacial score (nSPS) is 25.4. The summed E-state index contributed by atoms with van der Waals surface area (Å²) < 4.78 is 60.2. The van der Waals surface area contributed by atoms with Crippen molar-refractivity contribution in [3.8, 4) is 11.6 Å². The van der Waals surface area contributed by atoms with Crippen LogP contribution in [0.2, 0.25) is 0 Å². The van der Waals surface area contributed by atoms with E-state index in [4.69, 9.17) is 29.0 Å². The number of nitrogens with zero attached hydrogens (tertiary/aromatic N) is 4. The van der Waals surface area contributed by atoms with E-state index in [1.165, 1.54) is 31.9 Å². The molecule has 2 aromatic carbocycles. The molecule has 1 unspecified atom stereocenters. The minimum Gasteiger partial charge on any atom is -0.479 e. The zero-order valence-corrected chi connectivity index (χ0v) is 27.1. The van der Waals surface area contributed by atoms with Gasteiger partial charge in [0.25, 0.3) is 0 Å². The van der Waals surface area contributed by atoms with Crippen molar-refractivity contribution in [2.24, 2.45) is 0 Å². The van der Waals surface area contributed by atoms with E-state index in [1.807, 2.05) is 18.2 Å². The third-order valence-corrected chi connectivity index (χ3v) is 10.1.